The Hall–Kier alpha value is -5.92. The summed E-state index contributed by atoms with van der Waals surface area (Å²) < 4.78 is 20.4. The summed E-state index contributed by atoms with van der Waals surface area (Å²) in [5, 5.41) is 45.2. The summed E-state index contributed by atoms with van der Waals surface area (Å²) in [6, 6.07) is 10.1. The maximum Gasteiger partial charge on any atom is 0.333 e. The summed E-state index contributed by atoms with van der Waals surface area (Å²) in [4.78, 5) is 37.2. The maximum atomic E-state index is 14.1. The highest BCUT2D eigenvalue weighted by molar-refractivity contribution is 5.92. The molecule has 0 radical (unpaired) electrons. The Morgan fingerprint density at radius 1 is 1.00 bits per heavy atom. The second-order valence-electron chi connectivity index (χ2n) is 16.7. The van der Waals surface area contributed by atoms with E-state index in [4.69, 9.17) is 25.4 Å². The predicted molar refractivity (Wildman–Crippen MR) is 219 cm³/mol. The van der Waals surface area contributed by atoms with Crippen molar-refractivity contribution in [2.24, 2.45) is 11.8 Å². The van der Waals surface area contributed by atoms with E-state index in [1.165, 1.54) is 0 Å². The molecule has 9 rings (SSSR count). The molecule has 0 fully saturated rings. The Bertz CT molecular complexity index is 2640. The van der Waals surface area contributed by atoms with Gasteiger partial charge in [0.1, 0.15) is 63.9 Å². The van der Waals surface area contributed by atoms with Crippen LogP contribution in [0, 0.1) is 11.8 Å². The van der Waals surface area contributed by atoms with Crippen molar-refractivity contribution in [2.45, 2.75) is 95.4 Å². The van der Waals surface area contributed by atoms with Gasteiger partial charge < -0.3 is 45.8 Å². The Morgan fingerprint density at radius 2 is 1.80 bits per heavy atom. The summed E-state index contributed by atoms with van der Waals surface area (Å²) in [7, 11) is 0. The number of carbonyl (C=O) groups is 1. The monoisotopic (exact) mass is 800 g/mol. The highest BCUT2D eigenvalue weighted by Gasteiger charge is 2.57. The molecule has 3 aromatic heterocycles. The van der Waals surface area contributed by atoms with Crippen molar-refractivity contribution in [3.63, 3.8) is 0 Å². The number of rotatable bonds is 4. The van der Waals surface area contributed by atoms with Crippen molar-refractivity contribution >= 4 is 28.6 Å². The van der Waals surface area contributed by atoms with Crippen LogP contribution in [0.2, 0.25) is 0 Å². The lowest BCUT2D eigenvalue weighted by Crippen LogP contribution is -2.59. The van der Waals surface area contributed by atoms with E-state index < -0.39 is 53.9 Å². The van der Waals surface area contributed by atoms with E-state index in [1.54, 1.807) is 38.3 Å². The fraction of sp³-hybridized carbons (Fsp3) is 0.391. The number of hydrogen-bond donors (Lipinski definition) is 6. The zero-order chi connectivity index (χ0) is 41.5. The number of benzene rings is 2. The first-order valence-corrected chi connectivity index (χ1v) is 20.2. The number of nitrogens with two attached hydrogens (primary N) is 2. The second-order valence-corrected chi connectivity index (χ2v) is 16.7. The fourth-order valence-electron chi connectivity index (χ4n) is 10.8. The molecule has 2 aromatic carbocycles. The number of hydrogen-bond acceptors (Lipinski definition) is 13. The Morgan fingerprint density at radius 3 is 2.56 bits per heavy atom. The summed E-state index contributed by atoms with van der Waals surface area (Å²) in [5.74, 6) is -2.49. The van der Waals surface area contributed by atoms with Gasteiger partial charge in [0.2, 0.25) is 0 Å². The number of pyridine rings is 2. The molecule has 13 nitrogen and oxygen atoms in total. The first-order valence-electron chi connectivity index (χ1n) is 20.2. The molecular weight excluding hydrogens is 753 g/mol. The van der Waals surface area contributed by atoms with Gasteiger partial charge in [-0.15, -0.1) is 0 Å². The van der Waals surface area contributed by atoms with Gasteiger partial charge in [0.15, 0.2) is 5.43 Å². The average Bonchev–Trinajstić information content (AvgIpc) is 3.37. The van der Waals surface area contributed by atoms with Crippen molar-refractivity contribution in [1.82, 2.24) is 9.97 Å². The van der Waals surface area contributed by atoms with Gasteiger partial charge >= 0.3 is 5.97 Å². The number of aromatic hydroxyl groups is 2. The molecule has 0 spiro atoms. The number of allylic oxidation sites excluding steroid dienone is 1. The van der Waals surface area contributed by atoms with E-state index in [0.717, 1.165) is 33.9 Å². The predicted octanol–water partition coefficient (Wildman–Crippen LogP) is 5.60. The van der Waals surface area contributed by atoms with Crippen molar-refractivity contribution in [3.05, 3.63) is 121 Å². The number of phenolic OH excluding ortho intramolecular Hbond substituents is 2. The number of nitrogens with zero attached hydrogens (tertiary/aromatic N) is 2. The van der Waals surface area contributed by atoms with Gasteiger partial charge in [-0.1, -0.05) is 12.1 Å². The Labute approximate surface area is 340 Å². The maximum absolute atomic E-state index is 14.1. The van der Waals surface area contributed by atoms with Crippen LogP contribution in [0.15, 0.2) is 69.7 Å². The largest absolute Gasteiger partial charge is 0.508 e. The molecule has 7 atom stereocenters. The molecule has 2 aliphatic carbocycles. The molecule has 0 unspecified atom stereocenters. The number of aromatic nitrogens is 2. The summed E-state index contributed by atoms with van der Waals surface area (Å²) in [5.41, 5.74) is 17.6. The van der Waals surface area contributed by atoms with Crippen molar-refractivity contribution in [3.8, 4) is 17.2 Å². The molecule has 0 saturated carbocycles. The number of nitrogen functional groups attached to an aromatic ring is 2. The molecule has 306 valence electrons. The first kappa shape index (κ1) is 38.6. The number of ether oxygens (including phenoxy) is 2. The zero-order valence-corrected chi connectivity index (χ0v) is 33.2. The van der Waals surface area contributed by atoms with Crippen LogP contribution < -0.4 is 21.6 Å². The van der Waals surface area contributed by atoms with Crippen molar-refractivity contribution in [2.75, 3.05) is 18.1 Å². The minimum atomic E-state index is -1.29. The molecule has 59 heavy (non-hydrogen) atoms. The van der Waals surface area contributed by atoms with E-state index in [9.17, 15) is 30.0 Å². The third-order valence-electron chi connectivity index (χ3n) is 13.8. The van der Waals surface area contributed by atoms with Gasteiger partial charge in [-0.2, -0.15) is 0 Å². The van der Waals surface area contributed by atoms with Crippen LogP contribution in [0.1, 0.15) is 102 Å². The second kappa shape index (κ2) is 14.4. The van der Waals surface area contributed by atoms with Crippen LogP contribution in [-0.4, -0.2) is 54.7 Å². The van der Waals surface area contributed by atoms with Crippen LogP contribution in [0.3, 0.4) is 0 Å². The molecule has 5 aromatic rings. The highest BCUT2D eigenvalue weighted by atomic mass is 16.6. The molecule has 0 amide bonds. The zero-order valence-electron chi connectivity index (χ0n) is 33.2. The van der Waals surface area contributed by atoms with E-state index in [0.29, 0.717) is 60.4 Å². The van der Waals surface area contributed by atoms with Crippen LogP contribution >= 0.6 is 0 Å². The number of aryl methyl sites for hydroxylation is 2. The summed E-state index contributed by atoms with van der Waals surface area (Å²) in [6.07, 6.45) is 7.08. The number of aliphatic hydroxyl groups excluding tert-OH is 2. The minimum Gasteiger partial charge on any atom is -0.508 e. The van der Waals surface area contributed by atoms with Gasteiger partial charge in [-0.05, 0) is 117 Å². The average molecular weight is 801 g/mol. The van der Waals surface area contributed by atoms with Gasteiger partial charge in [0, 0.05) is 64.9 Å². The number of esters is 1. The Kier molecular flexibility index (Phi) is 9.43. The summed E-state index contributed by atoms with van der Waals surface area (Å²) >= 11 is 0. The molecule has 0 saturated heterocycles. The number of aliphatic hydroxyl groups is 2. The molecular formula is C46H48N4O9. The topological polar surface area (TPSA) is 224 Å². The van der Waals surface area contributed by atoms with E-state index in [2.05, 4.69) is 9.97 Å². The third-order valence-corrected chi connectivity index (χ3v) is 13.8. The molecule has 4 aliphatic rings. The highest BCUT2D eigenvalue weighted by Crippen LogP contribution is 2.60. The van der Waals surface area contributed by atoms with E-state index in [-0.39, 0.29) is 58.0 Å². The third kappa shape index (κ3) is 6.04. The van der Waals surface area contributed by atoms with Crippen molar-refractivity contribution in [1.29, 1.82) is 0 Å². The van der Waals surface area contributed by atoms with Gasteiger partial charge in [-0.3, -0.25) is 4.79 Å². The van der Waals surface area contributed by atoms with Crippen LogP contribution in [-0.2, 0) is 41.8 Å². The first-order chi connectivity index (χ1) is 28.4. The van der Waals surface area contributed by atoms with E-state index >= 15 is 0 Å². The molecule has 2 aliphatic heterocycles. The van der Waals surface area contributed by atoms with Gasteiger partial charge in [0.25, 0.3) is 0 Å². The Balaban J connectivity index is 1.47. The van der Waals surface area contributed by atoms with Gasteiger partial charge in [-0.25, -0.2) is 14.8 Å². The smallest absolute Gasteiger partial charge is 0.333 e. The van der Waals surface area contributed by atoms with E-state index in [1.807, 2.05) is 31.3 Å². The van der Waals surface area contributed by atoms with Gasteiger partial charge in [0.05, 0.1) is 6.61 Å². The lowest BCUT2D eigenvalue weighted by Gasteiger charge is -2.51. The number of carbonyl (C=O) groups excluding carboxylic acids is 1. The van der Waals surface area contributed by atoms with Crippen molar-refractivity contribution < 1.29 is 39.1 Å². The number of anilines is 2. The summed E-state index contributed by atoms with van der Waals surface area (Å²) in [6.45, 7) is 4.37. The lowest BCUT2D eigenvalue weighted by atomic mass is 9.62. The molecule has 13 heteroatoms. The fourth-order valence-corrected chi connectivity index (χ4v) is 10.8. The van der Waals surface area contributed by atoms with Crippen LogP contribution in [0.25, 0.3) is 11.0 Å². The quantitative estimate of drug-likeness (QED) is 0.0964. The molecule has 8 N–H and O–H groups in total. The number of phenols is 2. The lowest BCUT2D eigenvalue weighted by molar-refractivity contribution is -0.168. The number of fused-ring (bicyclic) bond motifs is 9. The standard InChI is InChI=1S/C46H48N4O9/c1-4-21(2)45(56)58-35-17-31-41(55)39-34(54)16-26(19-51)57-43(39)40-37-29-11-12-49-44(48)38(29)28(10-6-22-5-8-25(53)15-30(22)32(37)20-52)27-9-7-23-14-36(47)50-18-24(23)13-33(27)46(35,3)59-42(31)40/h4-5,8,11-12,14-16,18,27-28,32-33,35,37,51-53,55H,6-7,9-10,13,17,19-20H2,1-3H3,(H2,47,50)(H2,48,49)/b21-4-/t27-,28-,32+,33-,35+,37+,46-/m0/s1. The molecule has 5 heterocycles. The van der Waals surface area contributed by atoms with Crippen LogP contribution in [0.5, 0.6) is 17.2 Å². The SMILES string of the molecule is C/C=C(/C)C(=O)O[C@@H]1Cc2c3c(c4oc(CO)cc(=O)c4c2O)[C@@H]2c4ccnc(N)c4[C@@H](CCc4ccc(O)cc4[C@H]2CO)[C@@H]2CCc4cc(N)ncc4C[C@@H]2[C@]1(C)O3. The minimum absolute atomic E-state index is 0.0154. The molecule has 4 bridgehead atoms. The van der Waals surface area contributed by atoms with Crippen LogP contribution in [0.4, 0.5) is 11.6 Å². The normalized spacial score (nSPS) is 25.8.